The molecule has 0 saturated carbocycles. The van der Waals surface area contributed by atoms with Crippen molar-refractivity contribution in [2.24, 2.45) is 11.8 Å². The maximum Gasteiger partial charge on any atom is 0.309 e. The van der Waals surface area contributed by atoms with Crippen molar-refractivity contribution >= 4 is 17.8 Å². The molecule has 0 heterocycles. The van der Waals surface area contributed by atoms with E-state index in [1.54, 1.807) is 24.3 Å². The first-order chi connectivity index (χ1) is 21.8. The smallest absolute Gasteiger partial charge is 0.309 e. The summed E-state index contributed by atoms with van der Waals surface area (Å²) in [7, 11) is 0. The van der Waals surface area contributed by atoms with Crippen molar-refractivity contribution in [3.8, 4) is 0 Å². The zero-order valence-corrected chi connectivity index (χ0v) is 25.6. The summed E-state index contributed by atoms with van der Waals surface area (Å²) in [5.41, 5.74) is 2.72. The van der Waals surface area contributed by atoms with E-state index in [4.69, 9.17) is 4.74 Å². The van der Waals surface area contributed by atoms with Crippen LogP contribution in [0.15, 0.2) is 110 Å². The van der Waals surface area contributed by atoms with Crippen LogP contribution in [0.4, 0.5) is 4.39 Å². The molecule has 0 aliphatic carbocycles. The van der Waals surface area contributed by atoms with Crippen LogP contribution in [-0.4, -0.2) is 48.2 Å². The van der Waals surface area contributed by atoms with Crippen molar-refractivity contribution in [2.45, 2.75) is 50.6 Å². The molecule has 3 rings (SSSR count). The predicted molar refractivity (Wildman–Crippen MR) is 174 cm³/mol. The van der Waals surface area contributed by atoms with Crippen molar-refractivity contribution in [3.05, 3.63) is 133 Å². The zero-order chi connectivity index (χ0) is 32.4. The summed E-state index contributed by atoms with van der Waals surface area (Å²) in [5, 5.41) is 15.7. The highest BCUT2D eigenvalue weighted by Crippen LogP contribution is 2.17. The average molecular weight is 615 g/mol. The number of carbonyl (C=O) groups is 3. The molecule has 0 aliphatic rings. The van der Waals surface area contributed by atoms with Crippen LogP contribution in [0.25, 0.3) is 0 Å². The van der Waals surface area contributed by atoms with Crippen LogP contribution in [-0.2, 0) is 38.4 Å². The molecule has 0 bridgehead atoms. The maximum absolute atomic E-state index is 13.5. The summed E-state index contributed by atoms with van der Waals surface area (Å²) < 4.78 is 19.1. The van der Waals surface area contributed by atoms with Gasteiger partial charge in [-0.3, -0.25) is 14.4 Å². The van der Waals surface area contributed by atoms with Gasteiger partial charge in [0.15, 0.2) is 0 Å². The number of esters is 1. The molecule has 0 radical (unpaired) electrons. The summed E-state index contributed by atoms with van der Waals surface area (Å²) in [6, 6.07) is 24.0. The van der Waals surface area contributed by atoms with Gasteiger partial charge in [-0.05, 0) is 60.9 Å². The van der Waals surface area contributed by atoms with Gasteiger partial charge in [-0.25, -0.2) is 4.39 Å². The van der Waals surface area contributed by atoms with Crippen molar-refractivity contribution < 1.29 is 28.6 Å². The van der Waals surface area contributed by atoms with Crippen LogP contribution in [0.5, 0.6) is 0 Å². The number of amides is 2. The Kier molecular flexibility index (Phi) is 14.7. The molecule has 3 aromatic rings. The van der Waals surface area contributed by atoms with Gasteiger partial charge >= 0.3 is 5.97 Å². The summed E-state index contributed by atoms with van der Waals surface area (Å²) in [5.74, 6) is -2.74. The molecule has 8 heteroatoms. The molecule has 0 aromatic heterocycles. The van der Waals surface area contributed by atoms with Gasteiger partial charge in [0.05, 0.1) is 30.5 Å². The van der Waals surface area contributed by atoms with Crippen LogP contribution in [0.1, 0.15) is 36.0 Å². The maximum atomic E-state index is 13.5. The molecular formula is C37H43FN2O5. The minimum absolute atomic E-state index is 0.0762. The van der Waals surface area contributed by atoms with E-state index in [0.717, 1.165) is 16.7 Å². The third-order valence-electron chi connectivity index (χ3n) is 7.44. The Balaban J connectivity index is 1.65. The standard InChI is InChI=1S/C37H43FN2O5/c1-3-11-30(24-35(42)39-33(25-41)22-27-13-7-5-8-14-27)36(43)40-34(23-28-15-9-6-10-16-28)26-45-37(44)31(12-4-2)21-29-17-19-32(38)20-18-29/h3-10,13-20,30-31,33-34,41H,1-2,11-12,21-26H2,(H,39,42)(H,40,43)/t30-,31-,33+,34-/m0/s1. The normalized spacial score (nSPS) is 13.5. The van der Waals surface area contributed by atoms with Crippen LogP contribution < -0.4 is 10.6 Å². The van der Waals surface area contributed by atoms with Crippen molar-refractivity contribution in [2.75, 3.05) is 13.2 Å². The number of allylic oxidation sites excluding steroid dienone is 2. The minimum atomic E-state index is -0.709. The fraction of sp³-hybridized carbons (Fsp3) is 0.324. The second-order valence-electron chi connectivity index (χ2n) is 11.1. The summed E-state index contributed by atoms with van der Waals surface area (Å²) in [6.45, 7) is 7.19. The Morgan fingerprint density at radius 1 is 0.733 bits per heavy atom. The minimum Gasteiger partial charge on any atom is -0.463 e. The SMILES string of the molecule is C=CC[C@@H](CC(=O)N[C@@H](CO)Cc1ccccc1)C(=O)N[C@H](COC(=O)[C@@H](CC=C)Cc1ccc(F)cc1)Cc1ccccc1. The number of aliphatic hydroxyl groups excluding tert-OH is 1. The number of carbonyl (C=O) groups excluding carboxylic acids is 3. The largest absolute Gasteiger partial charge is 0.463 e. The molecule has 3 aromatic carbocycles. The molecule has 45 heavy (non-hydrogen) atoms. The highest BCUT2D eigenvalue weighted by molar-refractivity contribution is 5.86. The summed E-state index contributed by atoms with van der Waals surface area (Å²) in [6.07, 6.45) is 4.99. The van der Waals surface area contributed by atoms with Crippen molar-refractivity contribution in [3.63, 3.8) is 0 Å². The molecule has 7 nitrogen and oxygen atoms in total. The Bertz CT molecular complexity index is 1360. The number of hydrogen-bond acceptors (Lipinski definition) is 5. The monoisotopic (exact) mass is 614 g/mol. The van der Waals surface area contributed by atoms with Crippen LogP contribution >= 0.6 is 0 Å². The lowest BCUT2D eigenvalue weighted by atomic mass is 9.96. The Hall–Kier alpha value is -4.56. The first kappa shape index (κ1) is 34.9. The summed E-state index contributed by atoms with van der Waals surface area (Å²) >= 11 is 0. The van der Waals surface area contributed by atoms with E-state index in [9.17, 15) is 23.9 Å². The first-order valence-electron chi connectivity index (χ1n) is 15.2. The third-order valence-corrected chi connectivity index (χ3v) is 7.44. The van der Waals surface area contributed by atoms with Gasteiger partial charge in [0.25, 0.3) is 0 Å². The van der Waals surface area contributed by atoms with Gasteiger partial charge in [0, 0.05) is 6.42 Å². The van der Waals surface area contributed by atoms with E-state index in [-0.39, 0.29) is 43.7 Å². The molecule has 0 unspecified atom stereocenters. The lowest BCUT2D eigenvalue weighted by Crippen LogP contribution is -2.45. The predicted octanol–water partition coefficient (Wildman–Crippen LogP) is 5.13. The van der Waals surface area contributed by atoms with Gasteiger partial charge < -0.3 is 20.5 Å². The second kappa shape index (κ2) is 19.0. The van der Waals surface area contributed by atoms with Gasteiger partial charge in [-0.2, -0.15) is 0 Å². The van der Waals surface area contributed by atoms with E-state index in [2.05, 4.69) is 23.8 Å². The van der Waals surface area contributed by atoms with Crippen LogP contribution in [0.3, 0.4) is 0 Å². The number of hydrogen-bond donors (Lipinski definition) is 3. The lowest BCUT2D eigenvalue weighted by molar-refractivity contribution is -0.149. The van der Waals surface area contributed by atoms with Gasteiger partial charge in [0.1, 0.15) is 12.4 Å². The molecule has 0 spiro atoms. The Labute approximate surface area is 265 Å². The van der Waals surface area contributed by atoms with Gasteiger partial charge in [-0.1, -0.05) is 84.9 Å². The molecule has 4 atom stereocenters. The first-order valence-corrected chi connectivity index (χ1v) is 15.2. The molecular weight excluding hydrogens is 571 g/mol. The second-order valence-corrected chi connectivity index (χ2v) is 11.1. The highest BCUT2D eigenvalue weighted by Gasteiger charge is 2.26. The van der Waals surface area contributed by atoms with Crippen molar-refractivity contribution in [1.29, 1.82) is 0 Å². The van der Waals surface area contributed by atoms with Crippen LogP contribution in [0, 0.1) is 17.7 Å². The Morgan fingerprint density at radius 3 is 1.82 bits per heavy atom. The van der Waals surface area contributed by atoms with E-state index in [1.165, 1.54) is 12.1 Å². The van der Waals surface area contributed by atoms with Crippen LogP contribution in [0.2, 0.25) is 0 Å². The number of halogens is 1. The number of nitrogens with one attached hydrogen (secondary N) is 2. The van der Waals surface area contributed by atoms with E-state index in [0.29, 0.717) is 25.7 Å². The van der Waals surface area contributed by atoms with E-state index in [1.807, 2.05) is 60.7 Å². The van der Waals surface area contributed by atoms with E-state index >= 15 is 0 Å². The number of aliphatic hydroxyl groups is 1. The quantitative estimate of drug-likeness (QED) is 0.128. The number of rotatable bonds is 19. The number of ether oxygens (including phenoxy) is 1. The summed E-state index contributed by atoms with van der Waals surface area (Å²) in [4.78, 5) is 39.6. The molecule has 238 valence electrons. The lowest BCUT2D eigenvalue weighted by Gasteiger charge is -2.24. The Morgan fingerprint density at radius 2 is 1.27 bits per heavy atom. The zero-order valence-electron chi connectivity index (χ0n) is 25.6. The molecule has 2 amide bonds. The van der Waals surface area contributed by atoms with Gasteiger partial charge in [-0.15, -0.1) is 13.2 Å². The topological polar surface area (TPSA) is 105 Å². The molecule has 0 saturated heterocycles. The molecule has 0 fully saturated rings. The third kappa shape index (κ3) is 12.5. The van der Waals surface area contributed by atoms with E-state index < -0.39 is 29.9 Å². The van der Waals surface area contributed by atoms with Crippen molar-refractivity contribution in [1.82, 2.24) is 10.6 Å². The number of benzene rings is 3. The molecule has 0 aliphatic heterocycles. The fourth-order valence-electron chi connectivity index (χ4n) is 5.09. The highest BCUT2D eigenvalue weighted by atomic mass is 19.1. The molecule has 3 N–H and O–H groups in total. The average Bonchev–Trinajstić information content (AvgIpc) is 3.04. The fourth-order valence-corrected chi connectivity index (χ4v) is 5.09. The van der Waals surface area contributed by atoms with Gasteiger partial charge in [0.2, 0.25) is 11.8 Å².